The van der Waals surface area contributed by atoms with Gasteiger partial charge in [-0.2, -0.15) is 0 Å². The van der Waals surface area contributed by atoms with E-state index in [9.17, 15) is 19.2 Å². The van der Waals surface area contributed by atoms with Crippen LogP contribution in [-0.2, 0) is 19.2 Å². The second-order valence-electron chi connectivity index (χ2n) is 12.5. The highest BCUT2D eigenvalue weighted by molar-refractivity contribution is 6.05. The van der Waals surface area contributed by atoms with Gasteiger partial charge in [-0.3, -0.25) is 29.0 Å². The molecule has 4 amide bonds. The standard InChI is InChI=1S/C34H60N2O4/c1-3-5-7-9-11-13-15-17-19-21-23-29-27-31(37)35(33(29)39)25-26-36-32(38)28-30(34(36)40)24-22-20-18-16-14-12-10-8-6-4-2/h29-30H,3-28H2,1-2H3. The number of imide groups is 2. The average molecular weight is 561 g/mol. The second kappa shape index (κ2) is 21.1. The Bertz CT molecular complexity index is 690. The molecule has 0 N–H and O–H groups in total. The molecule has 2 saturated heterocycles. The molecule has 0 radical (unpaired) electrons. The Morgan fingerprint density at radius 2 is 0.725 bits per heavy atom. The minimum atomic E-state index is -0.226. The van der Waals surface area contributed by atoms with E-state index in [-0.39, 0.29) is 61.4 Å². The molecule has 0 spiro atoms. The van der Waals surface area contributed by atoms with Crippen molar-refractivity contribution in [1.29, 1.82) is 0 Å². The Hall–Kier alpha value is -1.72. The van der Waals surface area contributed by atoms with E-state index < -0.39 is 0 Å². The molecule has 6 heteroatoms. The summed E-state index contributed by atoms with van der Waals surface area (Å²) in [6, 6.07) is 0. The highest BCUT2D eigenvalue weighted by atomic mass is 16.2. The predicted octanol–water partition coefficient (Wildman–Crippen LogP) is 8.36. The van der Waals surface area contributed by atoms with E-state index in [4.69, 9.17) is 0 Å². The lowest BCUT2D eigenvalue weighted by molar-refractivity contribution is -0.144. The third kappa shape index (κ3) is 12.9. The fourth-order valence-corrected chi connectivity index (χ4v) is 6.38. The maximum absolute atomic E-state index is 12.9. The van der Waals surface area contributed by atoms with Gasteiger partial charge in [0.2, 0.25) is 23.6 Å². The minimum absolute atomic E-state index is 0.109. The topological polar surface area (TPSA) is 74.8 Å². The maximum atomic E-state index is 12.9. The van der Waals surface area contributed by atoms with Gasteiger partial charge in [-0.15, -0.1) is 0 Å². The monoisotopic (exact) mass is 560 g/mol. The molecule has 2 fully saturated rings. The van der Waals surface area contributed by atoms with Crippen LogP contribution in [0.25, 0.3) is 0 Å². The summed E-state index contributed by atoms with van der Waals surface area (Å²) in [5.41, 5.74) is 0. The van der Waals surface area contributed by atoms with Crippen LogP contribution in [-0.4, -0.2) is 46.5 Å². The Kier molecular flexibility index (Phi) is 18.1. The van der Waals surface area contributed by atoms with Crippen LogP contribution in [0.3, 0.4) is 0 Å². The van der Waals surface area contributed by atoms with Crippen molar-refractivity contribution in [2.24, 2.45) is 11.8 Å². The predicted molar refractivity (Wildman–Crippen MR) is 163 cm³/mol. The van der Waals surface area contributed by atoms with Crippen LogP contribution in [0.1, 0.15) is 168 Å². The molecule has 2 aliphatic rings. The molecule has 0 aromatic heterocycles. The highest BCUT2D eigenvalue weighted by Crippen LogP contribution is 2.28. The molecule has 40 heavy (non-hydrogen) atoms. The molecular weight excluding hydrogens is 500 g/mol. The number of amides is 4. The molecular formula is C34H60N2O4. The Morgan fingerprint density at radius 1 is 0.450 bits per heavy atom. The molecule has 2 aliphatic heterocycles. The van der Waals surface area contributed by atoms with Crippen molar-refractivity contribution in [3.63, 3.8) is 0 Å². The Labute approximate surface area is 245 Å². The normalized spacial score (nSPS) is 19.6. The van der Waals surface area contributed by atoms with Crippen LogP contribution in [0.15, 0.2) is 0 Å². The van der Waals surface area contributed by atoms with E-state index >= 15 is 0 Å². The number of carbonyl (C=O) groups excluding carboxylic acids is 4. The molecule has 0 aromatic rings. The lowest BCUT2D eigenvalue weighted by atomic mass is 9.98. The molecule has 2 heterocycles. The SMILES string of the molecule is CCCCCCCCCCCCC1CC(=O)N(CCN2C(=O)CC(CCCCCCCCCCCC)C2=O)C1=O. The smallest absolute Gasteiger partial charge is 0.232 e. The number of nitrogens with zero attached hydrogens (tertiary/aromatic N) is 2. The largest absolute Gasteiger partial charge is 0.281 e. The molecule has 2 atom stereocenters. The van der Waals surface area contributed by atoms with Crippen LogP contribution in [0.2, 0.25) is 0 Å². The molecule has 2 rings (SSSR count). The van der Waals surface area contributed by atoms with Crippen LogP contribution in [0, 0.1) is 11.8 Å². The molecule has 0 saturated carbocycles. The van der Waals surface area contributed by atoms with Crippen molar-refractivity contribution in [2.45, 2.75) is 168 Å². The minimum Gasteiger partial charge on any atom is -0.281 e. The van der Waals surface area contributed by atoms with Gasteiger partial charge < -0.3 is 0 Å². The third-order valence-corrected chi connectivity index (χ3v) is 9.03. The van der Waals surface area contributed by atoms with E-state index in [2.05, 4.69) is 13.8 Å². The number of likely N-dealkylation sites (tertiary alicyclic amines) is 2. The summed E-state index contributed by atoms with van der Waals surface area (Å²) in [5, 5.41) is 0. The first kappa shape index (κ1) is 34.5. The summed E-state index contributed by atoms with van der Waals surface area (Å²) in [7, 11) is 0. The van der Waals surface area contributed by atoms with Crippen LogP contribution < -0.4 is 0 Å². The zero-order valence-corrected chi connectivity index (χ0v) is 26.1. The molecule has 6 nitrogen and oxygen atoms in total. The van der Waals surface area contributed by atoms with E-state index in [1.807, 2.05) is 0 Å². The van der Waals surface area contributed by atoms with Gasteiger partial charge in [0.15, 0.2) is 0 Å². The molecule has 0 aromatic carbocycles. The number of unbranched alkanes of at least 4 members (excludes halogenated alkanes) is 18. The van der Waals surface area contributed by atoms with Crippen LogP contribution >= 0.6 is 0 Å². The third-order valence-electron chi connectivity index (χ3n) is 9.03. The fraction of sp³-hybridized carbons (Fsp3) is 0.882. The molecule has 230 valence electrons. The summed E-state index contributed by atoms with van der Waals surface area (Å²) in [6.45, 7) is 4.78. The summed E-state index contributed by atoms with van der Waals surface area (Å²) in [4.78, 5) is 53.4. The van der Waals surface area contributed by atoms with Crippen molar-refractivity contribution in [2.75, 3.05) is 13.1 Å². The van der Waals surface area contributed by atoms with Crippen molar-refractivity contribution < 1.29 is 19.2 Å². The van der Waals surface area contributed by atoms with Gasteiger partial charge in [-0.1, -0.05) is 142 Å². The molecule has 0 aliphatic carbocycles. The first-order valence-electron chi connectivity index (χ1n) is 17.2. The summed E-state index contributed by atoms with van der Waals surface area (Å²) < 4.78 is 0. The van der Waals surface area contributed by atoms with Gasteiger partial charge in [0.1, 0.15) is 0 Å². The number of rotatable bonds is 25. The van der Waals surface area contributed by atoms with Crippen molar-refractivity contribution in [3.8, 4) is 0 Å². The summed E-state index contributed by atoms with van der Waals surface area (Å²) in [6.07, 6.45) is 27.1. The van der Waals surface area contributed by atoms with Gasteiger partial charge in [-0.05, 0) is 12.8 Å². The van der Waals surface area contributed by atoms with Gasteiger partial charge in [0.25, 0.3) is 0 Å². The van der Waals surface area contributed by atoms with Crippen molar-refractivity contribution >= 4 is 23.6 Å². The summed E-state index contributed by atoms with van der Waals surface area (Å²) >= 11 is 0. The molecule has 0 bridgehead atoms. The van der Waals surface area contributed by atoms with E-state index in [1.165, 1.54) is 113 Å². The first-order valence-corrected chi connectivity index (χ1v) is 17.2. The van der Waals surface area contributed by atoms with E-state index in [0.29, 0.717) is 0 Å². The van der Waals surface area contributed by atoms with Gasteiger partial charge in [0.05, 0.1) is 0 Å². The van der Waals surface area contributed by atoms with Crippen molar-refractivity contribution in [3.05, 3.63) is 0 Å². The highest BCUT2D eigenvalue weighted by Gasteiger charge is 2.41. The number of hydrogen-bond donors (Lipinski definition) is 0. The van der Waals surface area contributed by atoms with Crippen LogP contribution in [0.4, 0.5) is 0 Å². The Morgan fingerprint density at radius 3 is 1.02 bits per heavy atom. The first-order chi connectivity index (χ1) is 19.5. The van der Waals surface area contributed by atoms with Crippen LogP contribution in [0.5, 0.6) is 0 Å². The van der Waals surface area contributed by atoms with Crippen molar-refractivity contribution in [1.82, 2.24) is 9.80 Å². The zero-order chi connectivity index (χ0) is 29.0. The van der Waals surface area contributed by atoms with E-state index in [1.54, 1.807) is 0 Å². The molecule has 2 unspecified atom stereocenters. The van der Waals surface area contributed by atoms with E-state index in [0.717, 1.165) is 38.5 Å². The zero-order valence-electron chi connectivity index (χ0n) is 26.1. The van der Waals surface area contributed by atoms with Gasteiger partial charge in [0, 0.05) is 37.8 Å². The number of hydrogen-bond acceptors (Lipinski definition) is 4. The lowest BCUT2D eigenvalue weighted by Gasteiger charge is -2.20. The quantitative estimate of drug-likeness (QED) is 0.0830. The number of carbonyl (C=O) groups is 4. The second-order valence-corrected chi connectivity index (χ2v) is 12.5. The average Bonchev–Trinajstić information content (AvgIpc) is 3.37. The summed E-state index contributed by atoms with van der Waals surface area (Å²) in [5.74, 6) is -0.971. The maximum Gasteiger partial charge on any atom is 0.232 e. The van der Waals surface area contributed by atoms with Gasteiger partial charge >= 0.3 is 0 Å². The Balaban J connectivity index is 1.57. The van der Waals surface area contributed by atoms with Gasteiger partial charge in [-0.25, -0.2) is 0 Å². The fourth-order valence-electron chi connectivity index (χ4n) is 6.38. The lowest BCUT2D eigenvalue weighted by Crippen LogP contribution is -2.41.